The summed E-state index contributed by atoms with van der Waals surface area (Å²) in [5.41, 5.74) is 2.27. The fraction of sp³-hybridized carbons (Fsp3) is 0.200. The molecule has 0 saturated carbocycles. The van der Waals surface area contributed by atoms with Gasteiger partial charge in [-0.2, -0.15) is 0 Å². The number of methoxy groups -OCH3 is 2. The monoisotopic (exact) mass is 367 g/mol. The summed E-state index contributed by atoms with van der Waals surface area (Å²) < 4.78 is 25.8. The summed E-state index contributed by atoms with van der Waals surface area (Å²) in [6, 6.07) is 11.6. The molecule has 0 aliphatic carbocycles. The third-order valence-electron chi connectivity index (χ3n) is 4.69. The van der Waals surface area contributed by atoms with Gasteiger partial charge in [-0.1, -0.05) is 12.1 Å². The number of fused-ring (bicyclic) bond motifs is 1. The number of ether oxygens (including phenoxy) is 2. The van der Waals surface area contributed by atoms with E-state index < -0.39 is 0 Å². The minimum absolute atomic E-state index is 0.125. The number of anilines is 1. The Morgan fingerprint density at radius 3 is 2.63 bits per heavy atom. The summed E-state index contributed by atoms with van der Waals surface area (Å²) in [5.74, 6) is 1.17. The lowest BCUT2D eigenvalue weighted by molar-refractivity contribution is -0.116. The van der Waals surface area contributed by atoms with E-state index >= 15 is 0 Å². The highest BCUT2D eigenvalue weighted by molar-refractivity contribution is 5.94. The number of imidazole rings is 1. The van der Waals surface area contributed by atoms with Crippen molar-refractivity contribution in [1.29, 1.82) is 0 Å². The smallest absolute Gasteiger partial charge is 0.226 e. The summed E-state index contributed by atoms with van der Waals surface area (Å²) in [6.07, 6.45) is 1.90. The highest BCUT2D eigenvalue weighted by atomic mass is 19.1. The highest BCUT2D eigenvalue weighted by Crippen LogP contribution is 2.39. The molecule has 0 fully saturated rings. The van der Waals surface area contributed by atoms with Gasteiger partial charge in [-0.15, -0.1) is 0 Å². The van der Waals surface area contributed by atoms with E-state index in [2.05, 4.69) is 10.3 Å². The standard InChI is InChI=1S/C20H18FN3O3/c1-26-14-7-8-17(27-2)16(9-14)24-11-22-19-15(10-18(25)23-20(19)24)12-3-5-13(21)6-4-12/h3-9,11,15H,10H2,1-2H3,(H,23,25)/t15-/m1/s1. The largest absolute Gasteiger partial charge is 0.497 e. The first kappa shape index (κ1) is 17.1. The van der Waals surface area contributed by atoms with Gasteiger partial charge in [-0.3, -0.25) is 9.36 Å². The van der Waals surface area contributed by atoms with Gasteiger partial charge in [-0.05, 0) is 29.8 Å². The van der Waals surface area contributed by atoms with Crippen molar-refractivity contribution in [1.82, 2.24) is 9.55 Å². The second-order valence-electron chi connectivity index (χ2n) is 6.24. The zero-order valence-corrected chi connectivity index (χ0v) is 14.9. The SMILES string of the molecule is COc1ccc(OC)c(-n2cnc3c2NC(=O)C[C@@H]3c2ccc(F)cc2)c1. The highest BCUT2D eigenvalue weighted by Gasteiger charge is 2.31. The maximum absolute atomic E-state index is 13.3. The van der Waals surface area contributed by atoms with Crippen LogP contribution in [0, 0.1) is 5.82 Å². The molecule has 1 atom stereocenters. The molecule has 0 radical (unpaired) electrons. The number of nitrogens with one attached hydrogen (secondary N) is 1. The molecule has 1 aromatic heterocycles. The first-order valence-electron chi connectivity index (χ1n) is 8.45. The summed E-state index contributed by atoms with van der Waals surface area (Å²) in [7, 11) is 3.16. The average molecular weight is 367 g/mol. The molecule has 1 N–H and O–H groups in total. The molecule has 1 aliphatic rings. The zero-order valence-electron chi connectivity index (χ0n) is 14.9. The number of rotatable bonds is 4. The predicted octanol–water partition coefficient (Wildman–Crippen LogP) is 3.50. The van der Waals surface area contributed by atoms with Crippen LogP contribution < -0.4 is 14.8 Å². The fourth-order valence-corrected chi connectivity index (χ4v) is 3.35. The number of halogens is 1. The van der Waals surface area contributed by atoms with Crippen molar-refractivity contribution in [3.8, 4) is 17.2 Å². The van der Waals surface area contributed by atoms with Crippen molar-refractivity contribution >= 4 is 11.7 Å². The van der Waals surface area contributed by atoms with Gasteiger partial charge in [0.25, 0.3) is 0 Å². The minimum atomic E-state index is -0.314. The fourth-order valence-electron chi connectivity index (χ4n) is 3.35. The molecule has 2 heterocycles. The van der Waals surface area contributed by atoms with Crippen molar-refractivity contribution < 1.29 is 18.7 Å². The quantitative estimate of drug-likeness (QED) is 0.766. The normalized spacial score (nSPS) is 15.8. The molecule has 0 saturated heterocycles. The van der Waals surface area contributed by atoms with Crippen LogP contribution in [0.25, 0.3) is 5.69 Å². The van der Waals surface area contributed by atoms with E-state index in [0.29, 0.717) is 23.0 Å². The maximum atomic E-state index is 13.3. The lowest BCUT2D eigenvalue weighted by Crippen LogP contribution is -2.25. The Hall–Kier alpha value is -3.35. The minimum Gasteiger partial charge on any atom is -0.497 e. The van der Waals surface area contributed by atoms with E-state index in [1.54, 1.807) is 49.4 Å². The van der Waals surface area contributed by atoms with Gasteiger partial charge in [0.1, 0.15) is 29.5 Å². The molecule has 0 unspecified atom stereocenters. The molecule has 138 valence electrons. The second kappa shape index (κ2) is 6.75. The molecule has 6 nitrogen and oxygen atoms in total. The van der Waals surface area contributed by atoms with Crippen molar-refractivity contribution in [2.75, 3.05) is 19.5 Å². The van der Waals surface area contributed by atoms with E-state index in [-0.39, 0.29) is 24.1 Å². The van der Waals surface area contributed by atoms with Crippen LogP contribution in [0.15, 0.2) is 48.8 Å². The first-order valence-corrected chi connectivity index (χ1v) is 8.45. The Kier molecular flexibility index (Phi) is 4.27. The molecule has 0 spiro atoms. The molecule has 2 aromatic carbocycles. The van der Waals surface area contributed by atoms with Gasteiger partial charge in [0, 0.05) is 18.4 Å². The van der Waals surface area contributed by atoms with E-state index in [1.165, 1.54) is 12.1 Å². The van der Waals surface area contributed by atoms with E-state index in [0.717, 1.165) is 11.3 Å². The molecule has 0 bridgehead atoms. The first-order chi connectivity index (χ1) is 13.1. The summed E-state index contributed by atoms with van der Waals surface area (Å²) in [4.78, 5) is 16.9. The van der Waals surface area contributed by atoms with Crippen LogP contribution in [-0.4, -0.2) is 29.7 Å². The molecule has 27 heavy (non-hydrogen) atoms. The molecule has 3 aromatic rings. The van der Waals surface area contributed by atoms with Crippen LogP contribution in [-0.2, 0) is 4.79 Å². The Bertz CT molecular complexity index is 998. The van der Waals surface area contributed by atoms with Crippen molar-refractivity contribution in [3.05, 3.63) is 65.9 Å². The zero-order chi connectivity index (χ0) is 19.0. The second-order valence-corrected chi connectivity index (χ2v) is 6.24. The number of hydrogen-bond acceptors (Lipinski definition) is 4. The molecular weight excluding hydrogens is 349 g/mol. The third kappa shape index (κ3) is 3.01. The molecule has 7 heteroatoms. The predicted molar refractivity (Wildman–Crippen MR) is 98.2 cm³/mol. The number of carbonyl (C=O) groups excluding carboxylic acids is 1. The van der Waals surface area contributed by atoms with Crippen molar-refractivity contribution in [2.45, 2.75) is 12.3 Å². The number of nitrogens with zero attached hydrogens (tertiary/aromatic N) is 2. The van der Waals surface area contributed by atoms with Crippen LogP contribution in [0.1, 0.15) is 23.6 Å². The number of amides is 1. The Morgan fingerprint density at radius 1 is 1.15 bits per heavy atom. The Labute approximate surface area is 155 Å². The Balaban J connectivity index is 1.84. The summed E-state index contributed by atoms with van der Waals surface area (Å²) in [5, 5.41) is 2.90. The van der Waals surface area contributed by atoms with Gasteiger partial charge in [0.2, 0.25) is 5.91 Å². The van der Waals surface area contributed by atoms with Crippen LogP contribution in [0.4, 0.5) is 10.2 Å². The van der Waals surface area contributed by atoms with Crippen LogP contribution in [0.2, 0.25) is 0 Å². The van der Waals surface area contributed by atoms with E-state index in [1.807, 2.05) is 6.07 Å². The van der Waals surface area contributed by atoms with E-state index in [9.17, 15) is 9.18 Å². The van der Waals surface area contributed by atoms with Crippen molar-refractivity contribution in [2.24, 2.45) is 0 Å². The summed E-state index contributed by atoms with van der Waals surface area (Å²) >= 11 is 0. The maximum Gasteiger partial charge on any atom is 0.226 e. The average Bonchev–Trinajstić information content (AvgIpc) is 3.11. The number of aromatic nitrogens is 2. The van der Waals surface area contributed by atoms with Crippen LogP contribution >= 0.6 is 0 Å². The van der Waals surface area contributed by atoms with Crippen molar-refractivity contribution in [3.63, 3.8) is 0 Å². The lowest BCUT2D eigenvalue weighted by atomic mass is 9.90. The van der Waals surface area contributed by atoms with E-state index in [4.69, 9.17) is 9.47 Å². The molecule has 1 aliphatic heterocycles. The lowest BCUT2D eigenvalue weighted by Gasteiger charge is -2.24. The molecular formula is C20H18FN3O3. The topological polar surface area (TPSA) is 65.4 Å². The van der Waals surface area contributed by atoms with Gasteiger partial charge < -0.3 is 14.8 Å². The number of benzene rings is 2. The van der Waals surface area contributed by atoms with Crippen LogP contribution in [0.3, 0.4) is 0 Å². The van der Waals surface area contributed by atoms with Crippen LogP contribution in [0.5, 0.6) is 11.5 Å². The number of hydrogen-bond donors (Lipinski definition) is 1. The molecule has 1 amide bonds. The summed E-state index contributed by atoms with van der Waals surface area (Å²) in [6.45, 7) is 0. The number of carbonyl (C=O) groups is 1. The van der Waals surface area contributed by atoms with Gasteiger partial charge in [0.05, 0.1) is 25.6 Å². The Morgan fingerprint density at radius 2 is 1.93 bits per heavy atom. The molecule has 4 rings (SSSR count). The third-order valence-corrected chi connectivity index (χ3v) is 4.69. The van der Waals surface area contributed by atoms with Gasteiger partial charge in [0.15, 0.2) is 0 Å². The van der Waals surface area contributed by atoms with Gasteiger partial charge >= 0.3 is 0 Å². The van der Waals surface area contributed by atoms with Gasteiger partial charge in [-0.25, -0.2) is 9.37 Å².